The molecule has 0 bridgehead atoms. The Balaban J connectivity index is 2.09. The summed E-state index contributed by atoms with van der Waals surface area (Å²) in [6.07, 6.45) is 2.60. The summed E-state index contributed by atoms with van der Waals surface area (Å²) in [5.74, 6) is -0.645. The van der Waals surface area contributed by atoms with Gasteiger partial charge >= 0.3 is 0 Å². The van der Waals surface area contributed by atoms with Crippen molar-refractivity contribution in [3.05, 3.63) is 82.3 Å². The molecule has 0 heterocycles. The van der Waals surface area contributed by atoms with Crippen molar-refractivity contribution in [1.29, 1.82) is 0 Å². The number of benzene rings is 3. The molecule has 0 aromatic heterocycles. The maximum atomic E-state index is 14.2. The molecule has 8 nitrogen and oxygen atoms in total. The number of sulfonamides is 1. The molecule has 43 heavy (non-hydrogen) atoms. The highest BCUT2D eigenvalue weighted by Gasteiger charge is 2.34. The molecule has 3 aromatic carbocycles. The summed E-state index contributed by atoms with van der Waals surface area (Å²) in [4.78, 5) is 29.7. The number of hydrogen-bond acceptors (Lipinski definition) is 6. The van der Waals surface area contributed by atoms with Gasteiger partial charge in [-0.2, -0.15) is 0 Å². The predicted molar refractivity (Wildman–Crippen MR) is 175 cm³/mol. The minimum Gasteiger partial charge on any atom is -0.492 e. The maximum absolute atomic E-state index is 14.2. The number of ether oxygens (including phenoxy) is 1. The van der Waals surface area contributed by atoms with Crippen molar-refractivity contribution in [3.8, 4) is 5.75 Å². The lowest BCUT2D eigenvalue weighted by atomic mass is 10.1. The fourth-order valence-corrected chi connectivity index (χ4v) is 6.37. The first kappa shape index (κ1) is 34.6. The van der Waals surface area contributed by atoms with E-state index in [4.69, 9.17) is 27.9 Å². The van der Waals surface area contributed by atoms with Gasteiger partial charge in [0.15, 0.2) is 0 Å². The molecule has 2 atom stereocenters. The molecule has 0 unspecified atom stereocenters. The van der Waals surface area contributed by atoms with E-state index in [0.29, 0.717) is 27.8 Å². The Labute approximate surface area is 268 Å². The Hall–Kier alpha value is -2.92. The molecular weight excluding hydrogens is 629 g/mol. The van der Waals surface area contributed by atoms with Crippen molar-refractivity contribution in [1.82, 2.24) is 10.2 Å². The number of rotatable bonds is 14. The molecule has 0 saturated heterocycles. The van der Waals surface area contributed by atoms with Crippen LogP contribution in [0.3, 0.4) is 0 Å². The summed E-state index contributed by atoms with van der Waals surface area (Å²) < 4.78 is 35.1. The summed E-state index contributed by atoms with van der Waals surface area (Å²) >= 11 is 13.8. The van der Waals surface area contributed by atoms with E-state index in [9.17, 15) is 18.0 Å². The van der Waals surface area contributed by atoms with Crippen molar-refractivity contribution >= 4 is 62.5 Å². The van der Waals surface area contributed by atoms with Crippen LogP contribution in [0.4, 0.5) is 5.69 Å². The van der Waals surface area contributed by atoms with Crippen LogP contribution in [0, 0.1) is 0 Å². The van der Waals surface area contributed by atoms with Crippen molar-refractivity contribution in [2.45, 2.75) is 62.5 Å². The third kappa shape index (κ3) is 8.81. The zero-order valence-electron chi connectivity index (χ0n) is 24.8. The number of carbonyl (C=O) groups is 2. The summed E-state index contributed by atoms with van der Waals surface area (Å²) in [5.41, 5.74) is 0.834. The van der Waals surface area contributed by atoms with Gasteiger partial charge < -0.3 is 15.0 Å². The number of anilines is 1. The summed E-state index contributed by atoms with van der Waals surface area (Å²) in [7, 11) is -4.25. The Morgan fingerprint density at radius 3 is 2.26 bits per heavy atom. The van der Waals surface area contributed by atoms with E-state index >= 15 is 0 Å². The highest BCUT2D eigenvalue weighted by atomic mass is 35.5. The second-order valence-corrected chi connectivity index (χ2v) is 13.4. The summed E-state index contributed by atoms with van der Waals surface area (Å²) in [6.45, 7) is 6.92. The van der Waals surface area contributed by atoms with Gasteiger partial charge in [0.25, 0.3) is 10.0 Å². The molecule has 0 aliphatic rings. The van der Waals surface area contributed by atoms with Crippen LogP contribution >= 0.6 is 35.0 Å². The van der Waals surface area contributed by atoms with Crippen LogP contribution in [0.5, 0.6) is 5.75 Å². The molecule has 232 valence electrons. The monoisotopic (exact) mass is 665 g/mol. The fourth-order valence-electron chi connectivity index (χ4n) is 4.21. The van der Waals surface area contributed by atoms with E-state index < -0.39 is 28.5 Å². The van der Waals surface area contributed by atoms with Gasteiger partial charge in [-0.1, -0.05) is 48.3 Å². The number of carbonyl (C=O) groups excluding carboxylic acids is 2. The smallest absolute Gasteiger partial charge is 0.264 e. The lowest BCUT2D eigenvalue weighted by Gasteiger charge is -2.33. The van der Waals surface area contributed by atoms with Gasteiger partial charge in [-0.3, -0.25) is 13.9 Å². The molecule has 2 amide bonds. The lowest BCUT2D eigenvalue weighted by Crippen LogP contribution is -2.52. The van der Waals surface area contributed by atoms with Crippen LogP contribution in [0.2, 0.25) is 10.0 Å². The van der Waals surface area contributed by atoms with Gasteiger partial charge in [-0.15, -0.1) is 11.8 Å². The molecule has 12 heteroatoms. The number of thioether (sulfide) groups is 1. The molecule has 0 fully saturated rings. The number of nitrogens with zero attached hydrogens (tertiary/aromatic N) is 2. The highest BCUT2D eigenvalue weighted by molar-refractivity contribution is 7.98. The zero-order valence-corrected chi connectivity index (χ0v) is 28.0. The second kappa shape index (κ2) is 15.7. The van der Waals surface area contributed by atoms with Crippen LogP contribution in [0.1, 0.15) is 39.7 Å². The molecule has 0 radical (unpaired) electrons. The summed E-state index contributed by atoms with van der Waals surface area (Å²) in [6, 6.07) is 17.0. The number of amides is 2. The molecular formula is C31H37Cl2N3O5S2. The van der Waals surface area contributed by atoms with Crippen molar-refractivity contribution in [2.24, 2.45) is 0 Å². The van der Waals surface area contributed by atoms with Crippen LogP contribution in [0.15, 0.2) is 76.5 Å². The van der Waals surface area contributed by atoms with Gasteiger partial charge in [-0.25, -0.2) is 8.42 Å². The number of hydrogen-bond donors (Lipinski definition) is 1. The molecule has 1 N–H and O–H groups in total. The fraction of sp³-hybridized carbons (Fsp3) is 0.355. The number of halogens is 2. The first-order valence-corrected chi connectivity index (χ1v) is 17.3. The molecule has 0 saturated carbocycles. The standard InChI is InChI=1S/C31H37Cl2N3O5S2/c1-6-21(3)34-31(38)22(4)35(19-23-12-17-26(32)27(33)18-23)30(37)20-36(28-10-8-9-11-29(28)41-7-2)43(39,40)25-15-13-24(42-5)14-16-25/h8-18,21-22H,6-7,19-20H2,1-5H3,(H,34,38)/t21-,22+/m0/s1. The topological polar surface area (TPSA) is 96.0 Å². The Morgan fingerprint density at radius 1 is 0.977 bits per heavy atom. The minimum absolute atomic E-state index is 0.00572. The van der Waals surface area contributed by atoms with E-state index in [1.807, 2.05) is 20.1 Å². The molecule has 3 aromatic rings. The molecule has 0 aliphatic heterocycles. The van der Waals surface area contributed by atoms with Gasteiger partial charge in [0, 0.05) is 17.5 Å². The van der Waals surface area contributed by atoms with E-state index in [2.05, 4.69) is 5.32 Å². The highest BCUT2D eigenvalue weighted by Crippen LogP contribution is 2.33. The van der Waals surface area contributed by atoms with Crippen molar-refractivity contribution < 1.29 is 22.7 Å². The van der Waals surface area contributed by atoms with E-state index in [1.165, 1.54) is 28.8 Å². The normalized spacial score (nSPS) is 12.7. The third-order valence-corrected chi connectivity index (χ3v) is 10.1. The van der Waals surface area contributed by atoms with Crippen LogP contribution in [-0.2, 0) is 26.2 Å². The first-order chi connectivity index (χ1) is 20.4. The minimum atomic E-state index is -4.25. The molecule has 0 spiro atoms. The number of para-hydroxylation sites is 2. The van der Waals surface area contributed by atoms with Crippen LogP contribution in [-0.4, -0.2) is 56.6 Å². The predicted octanol–water partition coefficient (Wildman–Crippen LogP) is 6.64. The van der Waals surface area contributed by atoms with E-state index in [1.54, 1.807) is 68.4 Å². The Bertz CT molecular complexity index is 1520. The Kier molecular flexibility index (Phi) is 12.6. The average molecular weight is 667 g/mol. The largest absolute Gasteiger partial charge is 0.492 e. The van der Waals surface area contributed by atoms with Gasteiger partial charge in [-0.05, 0) is 87.5 Å². The van der Waals surface area contributed by atoms with Crippen molar-refractivity contribution in [2.75, 3.05) is 23.7 Å². The lowest BCUT2D eigenvalue weighted by molar-refractivity contribution is -0.139. The molecule has 3 rings (SSSR count). The zero-order chi connectivity index (χ0) is 31.7. The molecule has 0 aliphatic carbocycles. The quantitative estimate of drug-likeness (QED) is 0.194. The SMILES string of the molecule is CCOc1ccccc1N(CC(=O)N(Cc1ccc(Cl)c(Cl)c1)[C@H](C)C(=O)N[C@@H](C)CC)S(=O)(=O)c1ccc(SC)cc1. The van der Waals surface area contributed by atoms with Crippen LogP contribution < -0.4 is 14.4 Å². The van der Waals surface area contributed by atoms with E-state index in [0.717, 1.165) is 9.20 Å². The first-order valence-electron chi connectivity index (χ1n) is 13.8. The van der Waals surface area contributed by atoms with Crippen LogP contribution in [0.25, 0.3) is 0 Å². The van der Waals surface area contributed by atoms with Crippen molar-refractivity contribution in [3.63, 3.8) is 0 Å². The van der Waals surface area contributed by atoms with Gasteiger partial charge in [0.1, 0.15) is 18.3 Å². The third-order valence-electron chi connectivity index (χ3n) is 6.87. The average Bonchev–Trinajstić information content (AvgIpc) is 3.00. The van der Waals surface area contributed by atoms with E-state index in [-0.39, 0.29) is 35.7 Å². The van der Waals surface area contributed by atoms with Gasteiger partial charge in [0.2, 0.25) is 11.8 Å². The Morgan fingerprint density at radius 2 is 1.65 bits per heavy atom. The maximum Gasteiger partial charge on any atom is 0.264 e. The summed E-state index contributed by atoms with van der Waals surface area (Å²) in [5, 5.41) is 3.56. The number of nitrogens with one attached hydrogen (secondary N) is 1. The van der Waals surface area contributed by atoms with Gasteiger partial charge in [0.05, 0.1) is 27.2 Å². The second-order valence-electron chi connectivity index (χ2n) is 9.85.